The van der Waals surface area contributed by atoms with Crippen molar-refractivity contribution < 1.29 is 4.39 Å². The van der Waals surface area contributed by atoms with Crippen LogP contribution in [0.1, 0.15) is 12.5 Å². The fourth-order valence-corrected chi connectivity index (χ4v) is 1.55. The highest BCUT2D eigenvalue weighted by Gasteiger charge is 2.06. The van der Waals surface area contributed by atoms with Crippen LogP contribution in [-0.4, -0.2) is 20.6 Å². The zero-order valence-electron chi connectivity index (χ0n) is 10.8. The van der Waals surface area contributed by atoms with Crippen molar-refractivity contribution in [3.8, 4) is 0 Å². The molecule has 98 valence electrons. The first-order valence-electron chi connectivity index (χ1n) is 5.64. The van der Waals surface area contributed by atoms with Crippen LogP contribution in [0.5, 0.6) is 0 Å². The molecular weight excluding hydrogens is 245 g/mol. The Labute approximate surface area is 110 Å². The Bertz CT molecular complexity index is 696. The predicted octanol–water partition coefficient (Wildman–Crippen LogP) is 2.29. The Morgan fingerprint density at radius 3 is 2.95 bits per heavy atom. The van der Waals surface area contributed by atoms with Crippen LogP contribution in [-0.2, 0) is 0 Å². The largest absolute Gasteiger partial charge is 0.397 e. The zero-order valence-corrected chi connectivity index (χ0v) is 10.8. The molecule has 19 heavy (non-hydrogen) atoms. The summed E-state index contributed by atoms with van der Waals surface area (Å²) >= 11 is 0. The standard InChI is InChI=1S/C13H14FN5/c1-8-4-13-12(17-5-8)7-18-19(13)10(3)16-6-11(14)9(2)15/h4-7H,2,15H2,1,3H3/b11-6+,16-10?. The van der Waals surface area contributed by atoms with Gasteiger partial charge in [0.2, 0.25) is 0 Å². The Balaban J connectivity index is 2.44. The Morgan fingerprint density at radius 2 is 2.26 bits per heavy atom. The van der Waals surface area contributed by atoms with Gasteiger partial charge in [-0.3, -0.25) is 4.98 Å². The number of rotatable bonds is 2. The number of nitrogens with zero attached hydrogens (tertiary/aromatic N) is 4. The maximum Gasteiger partial charge on any atom is 0.163 e. The Kier molecular flexibility index (Phi) is 3.41. The van der Waals surface area contributed by atoms with Crippen molar-refractivity contribution in [1.82, 2.24) is 14.8 Å². The quantitative estimate of drug-likeness (QED) is 0.511. The first-order valence-corrected chi connectivity index (χ1v) is 5.64. The third-order valence-electron chi connectivity index (χ3n) is 2.54. The van der Waals surface area contributed by atoms with Crippen LogP contribution in [0.2, 0.25) is 0 Å². The number of aromatic nitrogens is 3. The maximum absolute atomic E-state index is 13.2. The predicted molar refractivity (Wildman–Crippen MR) is 73.3 cm³/mol. The monoisotopic (exact) mass is 259 g/mol. The third kappa shape index (κ3) is 2.67. The number of fused-ring (bicyclic) bond motifs is 1. The van der Waals surface area contributed by atoms with Gasteiger partial charge in [0, 0.05) is 6.20 Å². The van der Waals surface area contributed by atoms with Gasteiger partial charge in [-0.05, 0) is 25.5 Å². The van der Waals surface area contributed by atoms with Gasteiger partial charge in [0.05, 0.1) is 23.6 Å². The molecule has 0 saturated heterocycles. The van der Waals surface area contributed by atoms with E-state index < -0.39 is 5.83 Å². The summed E-state index contributed by atoms with van der Waals surface area (Å²) in [4.78, 5) is 8.22. The molecule has 0 aliphatic rings. The lowest BCUT2D eigenvalue weighted by atomic mass is 10.3. The van der Waals surface area contributed by atoms with Crippen LogP contribution >= 0.6 is 0 Å². The summed E-state index contributed by atoms with van der Waals surface area (Å²) in [6, 6.07) is 1.94. The number of halogens is 1. The van der Waals surface area contributed by atoms with E-state index in [4.69, 9.17) is 5.73 Å². The highest BCUT2D eigenvalue weighted by atomic mass is 19.1. The van der Waals surface area contributed by atoms with Crippen molar-refractivity contribution in [3.05, 3.63) is 48.3 Å². The van der Waals surface area contributed by atoms with E-state index in [0.717, 1.165) is 22.8 Å². The molecule has 0 bridgehead atoms. The Morgan fingerprint density at radius 1 is 1.53 bits per heavy atom. The minimum absolute atomic E-state index is 0.153. The van der Waals surface area contributed by atoms with Gasteiger partial charge in [-0.2, -0.15) is 5.10 Å². The summed E-state index contributed by atoms with van der Waals surface area (Å²) in [5.41, 5.74) is 7.65. The first-order chi connectivity index (χ1) is 8.99. The van der Waals surface area contributed by atoms with Gasteiger partial charge in [0.15, 0.2) is 5.83 Å². The molecule has 2 N–H and O–H groups in total. The van der Waals surface area contributed by atoms with Crippen LogP contribution in [0.4, 0.5) is 4.39 Å². The molecule has 2 rings (SSSR count). The number of pyridine rings is 1. The molecule has 5 nitrogen and oxygen atoms in total. The lowest BCUT2D eigenvalue weighted by Gasteiger charge is -2.01. The molecule has 0 amide bonds. The average molecular weight is 259 g/mol. The molecule has 0 aromatic carbocycles. The molecule has 0 aliphatic carbocycles. The number of hydrogen-bond donors (Lipinski definition) is 1. The van der Waals surface area contributed by atoms with Gasteiger partial charge in [0.1, 0.15) is 11.4 Å². The van der Waals surface area contributed by atoms with E-state index in [1.54, 1.807) is 24.0 Å². The topological polar surface area (TPSA) is 69.1 Å². The van der Waals surface area contributed by atoms with Crippen LogP contribution in [0.15, 0.2) is 47.8 Å². The molecule has 2 aromatic heterocycles. The van der Waals surface area contributed by atoms with E-state index in [2.05, 4.69) is 21.7 Å². The number of hydrogen-bond acceptors (Lipinski definition) is 4. The average Bonchev–Trinajstić information content (AvgIpc) is 2.78. The summed E-state index contributed by atoms with van der Waals surface area (Å²) in [5.74, 6) is -0.149. The number of aryl methyl sites for hydroxylation is 1. The van der Waals surface area contributed by atoms with Crippen molar-refractivity contribution >= 4 is 16.9 Å². The molecular formula is C13H14FN5. The second kappa shape index (κ2) is 5.01. The molecule has 0 saturated carbocycles. The first kappa shape index (κ1) is 12.9. The van der Waals surface area contributed by atoms with Gasteiger partial charge < -0.3 is 5.73 Å². The maximum atomic E-state index is 13.2. The number of allylic oxidation sites excluding steroid dienone is 1. The minimum atomic E-state index is -0.662. The van der Waals surface area contributed by atoms with Crippen molar-refractivity contribution in [2.24, 2.45) is 10.7 Å². The summed E-state index contributed by atoms with van der Waals surface area (Å²) in [6.07, 6.45) is 4.42. The van der Waals surface area contributed by atoms with Crippen LogP contribution in [0.25, 0.3) is 11.0 Å². The van der Waals surface area contributed by atoms with Gasteiger partial charge in [-0.15, -0.1) is 0 Å². The minimum Gasteiger partial charge on any atom is -0.397 e. The van der Waals surface area contributed by atoms with E-state index in [1.807, 2.05) is 13.0 Å². The van der Waals surface area contributed by atoms with E-state index >= 15 is 0 Å². The summed E-state index contributed by atoms with van der Waals surface area (Å²) in [7, 11) is 0. The van der Waals surface area contributed by atoms with Crippen molar-refractivity contribution in [2.75, 3.05) is 0 Å². The molecule has 0 unspecified atom stereocenters. The molecule has 0 radical (unpaired) electrons. The molecule has 6 heteroatoms. The van der Waals surface area contributed by atoms with E-state index in [0.29, 0.717) is 5.84 Å². The summed E-state index contributed by atoms with van der Waals surface area (Å²) in [6.45, 7) is 6.95. The second-order valence-electron chi connectivity index (χ2n) is 4.15. The fourth-order valence-electron chi connectivity index (χ4n) is 1.55. The number of aliphatic imine (C=N–C) groups is 1. The van der Waals surface area contributed by atoms with E-state index in [1.165, 1.54) is 0 Å². The lowest BCUT2D eigenvalue weighted by molar-refractivity contribution is 0.646. The smallest absolute Gasteiger partial charge is 0.163 e. The van der Waals surface area contributed by atoms with Gasteiger partial charge >= 0.3 is 0 Å². The van der Waals surface area contributed by atoms with E-state index in [-0.39, 0.29) is 5.70 Å². The third-order valence-corrected chi connectivity index (χ3v) is 2.54. The van der Waals surface area contributed by atoms with Gasteiger partial charge in [0.25, 0.3) is 0 Å². The lowest BCUT2D eigenvalue weighted by Crippen LogP contribution is -2.08. The highest BCUT2D eigenvalue weighted by Crippen LogP contribution is 2.12. The van der Waals surface area contributed by atoms with Crippen molar-refractivity contribution in [1.29, 1.82) is 0 Å². The van der Waals surface area contributed by atoms with E-state index in [9.17, 15) is 4.39 Å². The van der Waals surface area contributed by atoms with Crippen LogP contribution in [0, 0.1) is 6.92 Å². The highest BCUT2D eigenvalue weighted by molar-refractivity contribution is 5.91. The molecule has 0 atom stereocenters. The molecule has 2 heterocycles. The molecule has 0 spiro atoms. The SMILES string of the molecule is C=C(N)/C(F)=C\N=C(C)n1ncc2ncc(C)cc21. The van der Waals surface area contributed by atoms with Crippen LogP contribution < -0.4 is 5.73 Å². The van der Waals surface area contributed by atoms with Crippen molar-refractivity contribution in [3.63, 3.8) is 0 Å². The number of nitrogens with two attached hydrogens (primary N) is 1. The fraction of sp³-hybridized carbons (Fsp3) is 0.154. The summed E-state index contributed by atoms with van der Waals surface area (Å²) < 4.78 is 14.8. The molecule has 0 fully saturated rings. The molecule has 0 aliphatic heterocycles. The van der Waals surface area contributed by atoms with Gasteiger partial charge in [-0.1, -0.05) is 6.58 Å². The van der Waals surface area contributed by atoms with Crippen LogP contribution in [0.3, 0.4) is 0 Å². The Hall–Kier alpha value is -2.50. The zero-order chi connectivity index (χ0) is 14.0. The van der Waals surface area contributed by atoms with Gasteiger partial charge in [-0.25, -0.2) is 14.1 Å². The second-order valence-corrected chi connectivity index (χ2v) is 4.15. The summed E-state index contributed by atoms with van der Waals surface area (Å²) in [5, 5.41) is 4.18. The normalized spacial score (nSPS) is 13.0. The van der Waals surface area contributed by atoms with Crippen molar-refractivity contribution in [2.45, 2.75) is 13.8 Å². The molecule has 2 aromatic rings.